The van der Waals surface area contributed by atoms with Crippen molar-refractivity contribution in [1.29, 1.82) is 0 Å². The van der Waals surface area contributed by atoms with E-state index < -0.39 is 0 Å². The van der Waals surface area contributed by atoms with Crippen LogP contribution in [0.4, 0.5) is 4.39 Å². The van der Waals surface area contributed by atoms with Gasteiger partial charge in [0, 0.05) is 17.1 Å². The summed E-state index contributed by atoms with van der Waals surface area (Å²) >= 11 is 6.21. The van der Waals surface area contributed by atoms with Crippen molar-refractivity contribution in [1.82, 2.24) is 4.90 Å². The Morgan fingerprint density at radius 2 is 1.71 bits per heavy atom. The van der Waals surface area contributed by atoms with E-state index in [2.05, 4.69) is 11.9 Å². The molecule has 0 N–H and O–H groups in total. The SMILES string of the molecule is CN(Cc1ccc(F)cc1Cl)C12CC3CC(CC(C3)C1)C2. The topological polar surface area (TPSA) is 3.24 Å². The van der Waals surface area contributed by atoms with E-state index in [-0.39, 0.29) is 5.82 Å². The summed E-state index contributed by atoms with van der Waals surface area (Å²) in [7, 11) is 2.24. The van der Waals surface area contributed by atoms with Gasteiger partial charge in [-0.2, -0.15) is 0 Å². The lowest BCUT2D eigenvalue weighted by molar-refractivity contribution is -0.0821. The summed E-state index contributed by atoms with van der Waals surface area (Å²) in [5.74, 6) is 2.59. The van der Waals surface area contributed by atoms with Crippen LogP contribution in [0.15, 0.2) is 18.2 Å². The molecule has 4 aliphatic rings. The lowest BCUT2D eigenvalue weighted by Gasteiger charge is -2.60. The second kappa shape index (κ2) is 4.96. The monoisotopic (exact) mass is 307 g/mol. The lowest BCUT2D eigenvalue weighted by atomic mass is 9.52. The smallest absolute Gasteiger partial charge is 0.124 e. The van der Waals surface area contributed by atoms with E-state index in [0.717, 1.165) is 29.9 Å². The van der Waals surface area contributed by atoms with Crippen LogP contribution >= 0.6 is 11.6 Å². The van der Waals surface area contributed by atoms with Crippen LogP contribution in [0.5, 0.6) is 0 Å². The molecular weight excluding hydrogens is 285 g/mol. The van der Waals surface area contributed by atoms with Gasteiger partial charge in [0.25, 0.3) is 0 Å². The van der Waals surface area contributed by atoms with Gasteiger partial charge in [0.05, 0.1) is 0 Å². The van der Waals surface area contributed by atoms with Crippen molar-refractivity contribution >= 4 is 11.6 Å². The fourth-order valence-electron chi connectivity index (χ4n) is 5.61. The van der Waals surface area contributed by atoms with Gasteiger partial charge >= 0.3 is 0 Å². The number of hydrogen-bond donors (Lipinski definition) is 0. The van der Waals surface area contributed by atoms with Gasteiger partial charge in [-0.25, -0.2) is 4.39 Å². The molecule has 3 heteroatoms. The minimum Gasteiger partial charge on any atom is -0.296 e. The van der Waals surface area contributed by atoms with Crippen molar-refractivity contribution in [3.8, 4) is 0 Å². The van der Waals surface area contributed by atoms with Crippen LogP contribution in [0.3, 0.4) is 0 Å². The quantitative estimate of drug-likeness (QED) is 0.769. The first-order chi connectivity index (χ1) is 10.0. The zero-order chi connectivity index (χ0) is 14.6. The van der Waals surface area contributed by atoms with Crippen LogP contribution in [0.1, 0.15) is 44.1 Å². The maximum Gasteiger partial charge on any atom is 0.124 e. The Hall–Kier alpha value is -0.600. The van der Waals surface area contributed by atoms with Crippen molar-refractivity contribution < 1.29 is 4.39 Å². The van der Waals surface area contributed by atoms with Crippen LogP contribution in [-0.4, -0.2) is 17.5 Å². The molecule has 0 heterocycles. The van der Waals surface area contributed by atoms with Crippen molar-refractivity contribution in [3.63, 3.8) is 0 Å². The van der Waals surface area contributed by atoms with E-state index >= 15 is 0 Å². The summed E-state index contributed by atoms with van der Waals surface area (Å²) in [5.41, 5.74) is 1.43. The number of halogens is 2. The molecule has 5 rings (SSSR count). The first-order valence-electron chi connectivity index (χ1n) is 8.19. The molecule has 0 amide bonds. The average Bonchev–Trinajstić information content (AvgIpc) is 2.40. The standard InChI is InChI=1S/C18H23ClFN/c1-21(11-15-2-3-16(20)7-17(15)19)18-8-12-4-13(9-18)6-14(5-12)10-18/h2-3,7,12-14H,4-6,8-11H2,1H3. The minimum atomic E-state index is -0.249. The van der Waals surface area contributed by atoms with E-state index in [1.54, 1.807) is 0 Å². The highest BCUT2D eigenvalue weighted by Gasteiger charge is 2.52. The Bertz CT molecular complexity index is 521. The maximum atomic E-state index is 13.2. The van der Waals surface area contributed by atoms with Crippen molar-refractivity contribution in [2.75, 3.05) is 7.05 Å². The van der Waals surface area contributed by atoms with Gasteiger partial charge in [0.15, 0.2) is 0 Å². The fourth-order valence-corrected chi connectivity index (χ4v) is 5.83. The number of benzene rings is 1. The third-order valence-electron chi connectivity index (χ3n) is 6.24. The predicted molar refractivity (Wildman–Crippen MR) is 83.8 cm³/mol. The van der Waals surface area contributed by atoms with Crippen LogP contribution in [0, 0.1) is 23.6 Å². The molecule has 0 spiro atoms. The molecule has 0 aliphatic heterocycles. The average molecular weight is 308 g/mol. The summed E-state index contributed by atoms with van der Waals surface area (Å²) in [4.78, 5) is 2.52. The van der Waals surface area contributed by atoms with Crippen LogP contribution in [0.25, 0.3) is 0 Å². The molecule has 1 aromatic carbocycles. The molecule has 4 saturated carbocycles. The van der Waals surface area contributed by atoms with Gasteiger partial charge in [-0.05, 0) is 81.0 Å². The Morgan fingerprint density at radius 1 is 1.14 bits per heavy atom. The maximum absolute atomic E-state index is 13.2. The highest BCUT2D eigenvalue weighted by atomic mass is 35.5. The van der Waals surface area contributed by atoms with Crippen molar-refractivity contribution in [2.24, 2.45) is 17.8 Å². The van der Waals surface area contributed by atoms with Gasteiger partial charge in [-0.15, -0.1) is 0 Å². The molecular formula is C18H23ClFN. The molecule has 0 atom stereocenters. The van der Waals surface area contributed by atoms with Crippen molar-refractivity contribution in [2.45, 2.75) is 50.6 Å². The molecule has 4 bridgehead atoms. The van der Waals surface area contributed by atoms with E-state index in [1.807, 2.05) is 6.07 Å². The Labute approximate surface area is 131 Å². The summed E-state index contributed by atoms with van der Waals surface area (Å²) in [6.45, 7) is 0.839. The highest BCUT2D eigenvalue weighted by molar-refractivity contribution is 6.31. The van der Waals surface area contributed by atoms with Gasteiger partial charge in [-0.3, -0.25) is 4.90 Å². The zero-order valence-corrected chi connectivity index (χ0v) is 13.4. The van der Waals surface area contributed by atoms with Crippen LogP contribution < -0.4 is 0 Å². The second-order valence-electron chi connectivity index (χ2n) is 7.73. The molecule has 0 saturated heterocycles. The number of rotatable bonds is 3. The van der Waals surface area contributed by atoms with Crippen molar-refractivity contribution in [3.05, 3.63) is 34.6 Å². The van der Waals surface area contributed by atoms with E-state index in [9.17, 15) is 4.39 Å². The zero-order valence-electron chi connectivity index (χ0n) is 12.6. The van der Waals surface area contributed by atoms with Gasteiger partial charge in [0.2, 0.25) is 0 Å². The molecule has 4 aliphatic carbocycles. The molecule has 0 aromatic heterocycles. The van der Waals surface area contributed by atoms with Crippen LogP contribution in [-0.2, 0) is 6.54 Å². The third-order valence-corrected chi connectivity index (χ3v) is 6.59. The predicted octanol–water partition coefficient (Wildman–Crippen LogP) is 4.88. The molecule has 0 unspecified atom stereocenters. The van der Waals surface area contributed by atoms with Crippen LogP contribution in [0.2, 0.25) is 5.02 Å². The highest BCUT2D eigenvalue weighted by Crippen LogP contribution is 2.57. The normalized spacial score (nSPS) is 37.4. The number of nitrogens with zero attached hydrogens (tertiary/aromatic N) is 1. The third kappa shape index (κ3) is 2.41. The van der Waals surface area contributed by atoms with E-state index in [0.29, 0.717) is 10.6 Å². The summed E-state index contributed by atoms with van der Waals surface area (Å²) in [6, 6.07) is 4.80. The summed E-state index contributed by atoms with van der Waals surface area (Å²) in [5, 5.41) is 0.562. The molecule has 0 radical (unpaired) electrons. The molecule has 21 heavy (non-hydrogen) atoms. The van der Waals surface area contributed by atoms with E-state index in [1.165, 1.54) is 50.7 Å². The summed E-state index contributed by atoms with van der Waals surface area (Å²) < 4.78 is 13.2. The van der Waals surface area contributed by atoms with Gasteiger partial charge in [0.1, 0.15) is 5.82 Å². The number of hydrogen-bond acceptors (Lipinski definition) is 1. The van der Waals surface area contributed by atoms with Gasteiger partial charge < -0.3 is 0 Å². The molecule has 1 nitrogen and oxygen atoms in total. The Kier molecular flexibility index (Phi) is 3.31. The Morgan fingerprint density at radius 3 is 2.24 bits per heavy atom. The second-order valence-corrected chi connectivity index (χ2v) is 8.14. The van der Waals surface area contributed by atoms with Gasteiger partial charge in [-0.1, -0.05) is 17.7 Å². The van der Waals surface area contributed by atoms with E-state index in [4.69, 9.17) is 11.6 Å². The Balaban J connectivity index is 1.56. The fraction of sp³-hybridized carbons (Fsp3) is 0.667. The first-order valence-corrected chi connectivity index (χ1v) is 8.57. The molecule has 4 fully saturated rings. The first kappa shape index (κ1) is 14.0. The molecule has 1 aromatic rings. The molecule has 114 valence electrons. The lowest BCUT2D eigenvalue weighted by Crippen LogP contribution is -2.58. The minimum absolute atomic E-state index is 0.249. The summed E-state index contributed by atoms with van der Waals surface area (Å²) in [6.07, 6.45) is 8.45. The largest absolute Gasteiger partial charge is 0.296 e.